The lowest BCUT2D eigenvalue weighted by atomic mass is 10.1. The second-order valence-electron chi connectivity index (χ2n) is 5.17. The summed E-state index contributed by atoms with van der Waals surface area (Å²) in [4.78, 5) is 14.0. The largest absolute Gasteiger partial charge is 0.457 e. The smallest absolute Gasteiger partial charge is 0.417 e. The van der Waals surface area contributed by atoms with E-state index in [-0.39, 0.29) is 17.2 Å². The molecule has 0 aliphatic carbocycles. The second-order valence-corrected chi connectivity index (χ2v) is 6.85. The lowest BCUT2D eigenvalue weighted by Gasteiger charge is -2.10. The number of thioether (sulfide) groups is 1. The molecule has 1 aromatic heterocycles. The molecule has 0 atom stereocenters. The Balaban J connectivity index is 1.94. The van der Waals surface area contributed by atoms with Gasteiger partial charge in [0.2, 0.25) is 0 Å². The molecule has 0 radical (unpaired) electrons. The van der Waals surface area contributed by atoms with Gasteiger partial charge in [0.25, 0.3) is 5.91 Å². The third-order valence-electron chi connectivity index (χ3n) is 3.59. The zero-order valence-electron chi connectivity index (χ0n) is 13.0. The van der Waals surface area contributed by atoms with E-state index in [0.717, 1.165) is 17.8 Å². The predicted octanol–water partition coefficient (Wildman–Crippen LogP) is 5.19. The molecule has 3 nitrogen and oxygen atoms in total. The Kier molecular flexibility index (Phi) is 4.75. The minimum Gasteiger partial charge on any atom is -0.457 e. The zero-order chi connectivity index (χ0) is 18.2. The number of rotatable bonds is 3. The molecule has 1 aliphatic rings. The molecule has 1 aliphatic heterocycles. The van der Waals surface area contributed by atoms with Gasteiger partial charge in [-0.2, -0.15) is 13.2 Å². The van der Waals surface area contributed by atoms with Crippen LogP contribution in [0.2, 0.25) is 0 Å². The van der Waals surface area contributed by atoms with Gasteiger partial charge in [-0.05, 0) is 25.1 Å². The van der Waals surface area contributed by atoms with Gasteiger partial charge in [0, 0.05) is 18.2 Å². The molecule has 0 bridgehead atoms. The van der Waals surface area contributed by atoms with Crippen molar-refractivity contribution in [1.82, 2.24) is 4.90 Å². The van der Waals surface area contributed by atoms with Gasteiger partial charge in [0.1, 0.15) is 15.8 Å². The first-order valence-electron chi connectivity index (χ1n) is 7.33. The van der Waals surface area contributed by atoms with Crippen LogP contribution >= 0.6 is 24.0 Å². The molecule has 1 fully saturated rings. The van der Waals surface area contributed by atoms with Crippen molar-refractivity contribution in [3.63, 3.8) is 0 Å². The van der Waals surface area contributed by atoms with E-state index in [1.54, 1.807) is 0 Å². The van der Waals surface area contributed by atoms with E-state index in [4.69, 9.17) is 16.6 Å². The molecule has 1 amide bonds. The van der Waals surface area contributed by atoms with E-state index in [9.17, 15) is 18.0 Å². The lowest BCUT2D eigenvalue weighted by Crippen LogP contribution is -2.27. The molecule has 2 heterocycles. The number of alkyl halides is 3. The van der Waals surface area contributed by atoms with Gasteiger partial charge in [-0.1, -0.05) is 42.2 Å². The number of carbonyl (C=O) groups excluding carboxylic acids is 1. The van der Waals surface area contributed by atoms with Crippen LogP contribution in [0.3, 0.4) is 0 Å². The molecule has 25 heavy (non-hydrogen) atoms. The number of nitrogens with zero attached hydrogens (tertiary/aromatic N) is 1. The fourth-order valence-electron chi connectivity index (χ4n) is 2.42. The van der Waals surface area contributed by atoms with Crippen LogP contribution < -0.4 is 0 Å². The fraction of sp³-hybridized carbons (Fsp3) is 0.176. The first-order valence-corrected chi connectivity index (χ1v) is 8.55. The van der Waals surface area contributed by atoms with Gasteiger partial charge in [-0.15, -0.1) is 0 Å². The maximum absolute atomic E-state index is 13.1. The zero-order valence-corrected chi connectivity index (χ0v) is 14.6. The average molecular weight is 383 g/mol. The van der Waals surface area contributed by atoms with E-state index in [2.05, 4.69) is 0 Å². The molecule has 0 saturated carbocycles. The Morgan fingerprint density at radius 3 is 2.60 bits per heavy atom. The Bertz CT molecular complexity index is 871. The number of benzene rings is 1. The van der Waals surface area contributed by atoms with Gasteiger partial charge in [0.15, 0.2) is 0 Å². The third kappa shape index (κ3) is 3.50. The molecule has 130 valence electrons. The van der Waals surface area contributed by atoms with E-state index in [1.165, 1.54) is 41.3 Å². The predicted molar refractivity (Wildman–Crippen MR) is 94.7 cm³/mol. The number of likely N-dealkylation sites (N-methyl/N-ethyl adjacent to an activating group) is 1. The van der Waals surface area contributed by atoms with Crippen LogP contribution in [0.15, 0.2) is 45.7 Å². The summed E-state index contributed by atoms with van der Waals surface area (Å²) in [6.07, 6.45) is -2.98. The number of amides is 1. The molecule has 3 rings (SSSR count). The van der Waals surface area contributed by atoms with Gasteiger partial charge in [0.05, 0.1) is 10.5 Å². The molecule has 0 spiro atoms. The molecule has 0 unspecified atom stereocenters. The van der Waals surface area contributed by atoms with Crippen molar-refractivity contribution in [1.29, 1.82) is 0 Å². The summed E-state index contributed by atoms with van der Waals surface area (Å²) >= 11 is 6.26. The highest BCUT2D eigenvalue weighted by Gasteiger charge is 2.34. The number of halogens is 3. The Morgan fingerprint density at radius 1 is 1.24 bits per heavy atom. The molecular weight excluding hydrogens is 371 g/mol. The van der Waals surface area contributed by atoms with Crippen LogP contribution in [0.1, 0.15) is 18.2 Å². The summed E-state index contributed by atoms with van der Waals surface area (Å²) in [6, 6.07) is 8.18. The van der Waals surface area contributed by atoms with Crippen molar-refractivity contribution in [3.05, 3.63) is 52.6 Å². The summed E-state index contributed by atoms with van der Waals surface area (Å²) in [5.74, 6) is 0.153. The average Bonchev–Trinajstić information content (AvgIpc) is 3.12. The molecule has 1 saturated heterocycles. The number of hydrogen-bond donors (Lipinski definition) is 0. The normalized spacial score (nSPS) is 17.0. The fourth-order valence-corrected chi connectivity index (χ4v) is 3.79. The number of thiocarbonyl (C=S) groups is 1. The number of furan rings is 1. The van der Waals surface area contributed by atoms with Crippen LogP contribution in [-0.2, 0) is 11.0 Å². The minimum absolute atomic E-state index is 0.0456. The Morgan fingerprint density at radius 2 is 1.96 bits per heavy atom. The quantitative estimate of drug-likeness (QED) is 0.540. The van der Waals surface area contributed by atoms with E-state index in [1.807, 2.05) is 6.92 Å². The van der Waals surface area contributed by atoms with E-state index < -0.39 is 11.7 Å². The van der Waals surface area contributed by atoms with Crippen LogP contribution in [0.25, 0.3) is 17.4 Å². The SMILES string of the molecule is CCN1C(=O)/C(=C\c2ccc(-c3ccccc3C(F)(F)F)o2)SC1=S. The van der Waals surface area contributed by atoms with E-state index in [0.29, 0.717) is 21.5 Å². The maximum Gasteiger partial charge on any atom is 0.417 e. The standard InChI is InChI=1S/C17H12F3NO2S2/c1-2-21-15(22)14(25-16(21)24)9-10-7-8-13(23-10)11-5-3-4-6-12(11)17(18,19)20/h3-9H,2H2,1H3/b14-9+. The maximum atomic E-state index is 13.1. The molecule has 8 heteroatoms. The first kappa shape index (κ1) is 17.8. The van der Waals surface area contributed by atoms with Crippen molar-refractivity contribution >= 4 is 40.3 Å². The highest BCUT2D eigenvalue weighted by Crippen LogP contribution is 2.38. The summed E-state index contributed by atoms with van der Waals surface area (Å²) in [5, 5.41) is 0. The van der Waals surface area contributed by atoms with Crippen LogP contribution in [0.5, 0.6) is 0 Å². The topological polar surface area (TPSA) is 33.5 Å². The summed E-state index contributed by atoms with van der Waals surface area (Å²) in [7, 11) is 0. The molecule has 2 aromatic rings. The number of carbonyl (C=O) groups is 1. The van der Waals surface area contributed by atoms with Crippen molar-refractivity contribution < 1.29 is 22.4 Å². The van der Waals surface area contributed by atoms with Crippen molar-refractivity contribution in [2.24, 2.45) is 0 Å². The van der Waals surface area contributed by atoms with Crippen LogP contribution in [0, 0.1) is 0 Å². The monoisotopic (exact) mass is 383 g/mol. The Labute approximate surface area is 151 Å². The molecule has 1 aromatic carbocycles. The molecular formula is C17H12F3NO2S2. The minimum atomic E-state index is -4.48. The summed E-state index contributed by atoms with van der Waals surface area (Å²) < 4.78 is 45.3. The number of hydrogen-bond acceptors (Lipinski definition) is 4. The summed E-state index contributed by atoms with van der Waals surface area (Å²) in [6.45, 7) is 2.27. The Hall–Kier alpha value is -2.06. The highest BCUT2D eigenvalue weighted by molar-refractivity contribution is 8.26. The van der Waals surface area contributed by atoms with Gasteiger partial charge in [-0.3, -0.25) is 9.69 Å². The van der Waals surface area contributed by atoms with Crippen LogP contribution in [-0.4, -0.2) is 21.7 Å². The van der Waals surface area contributed by atoms with Crippen molar-refractivity contribution in [2.75, 3.05) is 6.54 Å². The van der Waals surface area contributed by atoms with Gasteiger partial charge in [-0.25, -0.2) is 0 Å². The molecule has 0 N–H and O–H groups in total. The first-order chi connectivity index (χ1) is 11.8. The lowest BCUT2D eigenvalue weighted by molar-refractivity contribution is -0.137. The van der Waals surface area contributed by atoms with E-state index >= 15 is 0 Å². The summed E-state index contributed by atoms with van der Waals surface area (Å²) in [5.41, 5.74) is -0.816. The van der Waals surface area contributed by atoms with Gasteiger partial charge < -0.3 is 4.42 Å². The van der Waals surface area contributed by atoms with Crippen LogP contribution in [0.4, 0.5) is 13.2 Å². The second kappa shape index (κ2) is 6.68. The third-order valence-corrected chi connectivity index (χ3v) is 4.97. The van der Waals surface area contributed by atoms with Crippen molar-refractivity contribution in [3.8, 4) is 11.3 Å². The highest BCUT2D eigenvalue weighted by atomic mass is 32.2. The van der Waals surface area contributed by atoms with Gasteiger partial charge >= 0.3 is 6.18 Å². The van der Waals surface area contributed by atoms with Crippen molar-refractivity contribution in [2.45, 2.75) is 13.1 Å².